The summed E-state index contributed by atoms with van der Waals surface area (Å²) in [6.07, 6.45) is 5.20. The van der Waals surface area contributed by atoms with Crippen LogP contribution < -0.4 is 16.0 Å². The van der Waals surface area contributed by atoms with Gasteiger partial charge in [-0.25, -0.2) is 14.1 Å². The predicted molar refractivity (Wildman–Crippen MR) is 136 cm³/mol. The van der Waals surface area contributed by atoms with E-state index in [9.17, 15) is 18.8 Å². The van der Waals surface area contributed by atoms with Gasteiger partial charge in [0.1, 0.15) is 17.6 Å². The Kier molecular flexibility index (Phi) is 8.72. The van der Waals surface area contributed by atoms with E-state index in [0.717, 1.165) is 0 Å². The minimum atomic E-state index is -0.624. The highest BCUT2D eigenvalue weighted by molar-refractivity contribution is 6.20. The van der Waals surface area contributed by atoms with Crippen LogP contribution >= 0.6 is 0 Å². The molecule has 1 unspecified atom stereocenters. The summed E-state index contributed by atoms with van der Waals surface area (Å²) in [5, 5.41) is 12.1. The van der Waals surface area contributed by atoms with Crippen molar-refractivity contribution in [3.05, 3.63) is 77.5 Å². The molecule has 1 atom stereocenters. The quantitative estimate of drug-likeness (QED) is 0.361. The number of carbonyl (C=O) groups is 3. The molecule has 0 saturated heterocycles. The number of oxazole rings is 1. The Morgan fingerprint density at radius 1 is 1.24 bits per heavy atom. The maximum absolute atomic E-state index is 13.4. The maximum Gasteiger partial charge on any atom is 0.273 e. The Balaban J connectivity index is 1.82. The van der Waals surface area contributed by atoms with Gasteiger partial charge in [0.2, 0.25) is 11.8 Å². The van der Waals surface area contributed by atoms with Gasteiger partial charge >= 0.3 is 0 Å². The zero-order valence-electron chi connectivity index (χ0n) is 21.1. The molecule has 3 rings (SSSR count). The van der Waals surface area contributed by atoms with E-state index >= 15 is 0 Å². The molecule has 3 aromatic rings. The zero-order chi connectivity index (χ0) is 27.1. The van der Waals surface area contributed by atoms with E-state index in [2.05, 4.69) is 32.6 Å². The van der Waals surface area contributed by atoms with E-state index < -0.39 is 17.9 Å². The maximum atomic E-state index is 13.4. The molecule has 0 fully saturated rings. The topological polar surface area (TPSA) is 131 Å². The van der Waals surface area contributed by atoms with Crippen LogP contribution in [0.3, 0.4) is 0 Å². The Bertz CT molecular complexity index is 1340. The Morgan fingerprint density at radius 3 is 2.54 bits per heavy atom. The first kappa shape index (κ1) is 27.1. The van der Waals surface area contributed by atoms with Crippen molar-refractivity contribution < 1.29 is 23.2 Å². The monoisotopic (exact) mass is 508 g/mol. The molecule has 0 radical (unpaired) electrons. The number of rotatable bonds is 10. The van der Waals surface area contributed by atoms with Gasteiger partial charge in [-0.15, -0.1) is 0 Å². The fourth-order valence-corrected chi connectivity index (χ4v) is 3.64. The predicted octanol–water partition coefficient (Wildman–Crippen LogP) is 3.10. The number of benzene rings is 1. The van der Waals surface area contributed by atoms with Crippen molar-refractivity contribution in [1.82, 2.24) is 30.7 Å². The SMILES string of the molecule is C=Cc1c(/C(=C\C)C(=O)NC(CC)c2nc(C(=O)NCC(=O)NC)c(C)o2)cnn1-c1ccc(F)cc1. The number of hydrogen-bond donors (Lipinski definition) is 3. The van der Waals surface area contributed by atoms with Gasteiger partial charge in [-0.2, -0.15) is 5.10 Å². The van der Waals surface area contributed by atoms with Gasteiger partial charge in [0.15, 0.2) is 5.69 Å². The van der Waals surface area contributed by atoms with Crippen LogP contribution in [-0.4, -0.2) is 46.1 Å². The third-order valence-corrected chi connectivity index (χ3v) is 5.62. The fourth-order valence-electron chi connectivity index (χ4n) is 3.64. The van der Waals surface area contributed by atoms with Crippen LogP contribution in [0.5, 0.6) is 0 Å². The van der Waals surface area contributed by atoms with Crippen molar-refractivity contribution in [3.63, 3.8) is 0 Å². The summed E-state index contributed by atoms with van der Waals surface area (Å²) in [4.78, 5) is 41.4. The van der Waals surface area contributed by atoms with Crippen molar-refractivity contribution >= 4 is 29.4 Å². The second kappa shape index (κ2) is 11.9. The van der Waals surface area contributed by atoms with Crippen molar-refractivity contribution in [2.45, 2.75) is 33.2 Å². The van der Waals surface area contributed by atoms with Crippen LogP contribution in [0.1, 0.15) is 59.7 Å². The summed E-state index contributed by atoms with van der Waals surface area (Å²) in [6.45, 7) is 8.79. The van der Waals surface area contributed by atoms with Gasteiger partial charge in [0.05, 0.1) is 24.1 Å². The number of aryl methyl sites for hydroxylation is 1. The minimum Gasteiger partial charge on any atom is -0.443 e. The van der Waals surface area contributed by atoms with E-state index in [4.69, 9.17) is 4.42 Å². The summed E-state index contributed by atoms with van der Waals surface area (Å²) in [5.41, 5.74) is 2.08. The largest absolute Gasteiger partial charge is 0.443 e. The first-order valence-electron chi connectivity index (χ1n) is 11.6. The Hall–Kier alpha value is -4.54. The number of carbonyl (C=O) groups excluding carboxylic acids is 3. The van der Waals surface area contributed by atoms with Crippen molar-refractivity contribution in [2.24, 2.45) is 0 Å². The first-order chi connectivity index (χ1) is 17.7. The summed E-state index contributed by atoms with van der Waals surface area (Å²) in [7, 11) is 1.47. The van der Waals surface area contributed by atoms with Gasteiger partial charge in [-0.1, -0.05) is 19.6 Å². The van der Waals surface area contributed by atoms with E-state index in [1.807, 2.05) is 6.92 Å². The highest BCUT2D eigenvalue weighted by Crippen LogP contribution is 2.26. The van der Waals surface area contributed by atoms with Gasteiger partial charge in [-0.3, -0.25) is 14.4 Å². The highest BCUT2D eigenvalue weighted by Gasteiger charge is 2.26. The second-order valence-electron chi connectivity index (χ2n) is 7.99. The normalized spacial score (nSPS) is 12.1. The molecule has 0 saturated carbocycles. The number of allylic oxidation sites excluding steroid dienone is 1. The molecule has 0 aliphatic rings. The molecule has 3 amide bonds. The average Bonchev–Trinajstić information content (AvgIpc) is 3.50. The lowest BCUT2D eigenvalue weighted by molar-refractivity contribution is -0.119. The van der Waals surface area contributed by atoms with Crippen LogP contribution in [0.4, 0.5) is 4.39 Å². The molecule has 3 N–H and O–H groups in total. The number of nitrogens with one attached hydrogen (secondary N) is 3. The highest BCUT2D eigenvalue weighted by atomic mass is 19.1. The van der Waals surface area contributed by atoms with Gasteiger partial charge in [-0.05, 0) is 50.6 Å². The lowest BCUT2D eigenvalue weighted by atomic mass is 10.0. The van der Waals surface area contributed by atoms with Crippen LogP contribution in [0, 0.1) is 12.7 Å². The summed E-state index contributed by atoms with van der Waals surface area (Å²) < 4.78 is 20.6. The molecule has 0 aliphatic carbocycles. The summed E-state index contributed by atoms with van der Waals surface area (Å²) in [6, 6.07) is 5.18. The van der Waals surface area contributed by atoms with E-state index in [0.29, 0.717) is 28.9 Å². The fraction of sp³-hybridized carbons (Fsp3) is 0.269. The molecular formula is C26H29FN6O4. The third kappa shape index (κ3) is 6.00. The third-order valence-electron chi connectivity index (χ3n) is 5.62. The van der Waals surface area contributed by atoms with Crippen molar-refractivity contribution in [3.8, 4) is 5.69 Å². The molecule has 1 aromatic carbocycles. The molecule has 0 aliphatic heterocycles. The van der Waals surface area contributed by atoms with Crippen LogP contribution in [0.15, 0.2) is 47.5 Å². The lowest BCUT2D eigenvalue weighted by Crippen LogP contribution is -2.35. The van der Waals surface area contributed by atoms with E-state index in [1.54, 1.807) is 49.0 Å². The Labute approximate surface area is 213 Å². The molecule has 37 heavy (non-hydrogen) atoms. The van der Waals surface area contributed by atoms with Crippen LogP contribution in [0.25, 0.3) is 17.3 Å². The van der Waals surface area contributed by atoms with E-state index in [1.165, 1.54) is 19.2 Å². The van der Waals surface area contributed by atoms with Gasteiger partial charge < -0.3 is 20.4 Å². The van der Waals surface area contributed by atoms with Crippen molar-refractivity contribution in [2.75, 3.05) is 13.6 Å². The molecule has 2 heterocycles. The molecule has 0 spiro atoms. The number of amides is 3. The number of likely N-dealkylation sites (N-methyl/N-ethyl adjacent to an activating group) is 1. The number of halogens is 1. The first-order valence-corrected chi connectivity index (χ1v) is 11.6. The average molecular weight is 509 g/mol. The van der Waals surface area contributed by atoms with Crippen LogP contribution in [-0.2, 0) is 9.59 Å². The molecule has 11 heteroatoms. The number of aromatic nitrogens is 3. The lowest BCUT2D eigenvalue weighted by Gasteiger charge is -2.15. The number of hydrogen-bond acceptors (Lipinski definition) is 6. The summed E-state index contributed by atoms with van der Waals surface area (Å²) in [5.74, 6) is -1.26. The molecule has 194 valence electrons. The minimum absolute atomic E-state index is 0.0346. The smallest absolute Gasteiger partial charge is 0.273 e. The standard InChI is InChI=1S/C26H29FN6O4/c1-6-18(19-13-30-33(21(19)8-3)17-11-9-16(27)10-12-17)24(35)31-20(7-2)26-32-23(15(4)37-26)25(36)29-14-22(34)28-5/h6,8-13,20H,3,7,14H2,1-2,4-5H3,(H,28,34)(H,29,36)(H,31,35)/b18-6+. The second-order valence-corrected chi connectivity index (χ2v) is 7.99. The molecule has 0 bridgehead atoms. The molecular weight excluding hydrogens is 479 g/mol. The van der Waals surface area contributed by atoms with Crippen LogP contribution in [0.2, 0.25) is 0 Å². The van der Waals surface area contributed by atoms with Gasteiger partial charge in [0.25, 0.3) is 11.8 Å². The number of nitrogens with zero attached hydrogens (tertiary/aromatic N) is 3. The summed E-state index contributed by atoms with van der Waals surface area (Å²) >= 11 is 0. The zero-order valence-corrected chi connectivity index (χ0v) is 21.1. The van der Waals surface area contributed by atoms with Crippen molar-refractivity contribution in [1.29, 1.82) is 0 Å². The Morgan fingerprint density at radius 2 is 1.95 bits per heavy atom. The molecule has 2 aromatic heterocycles. The van der Waals surface area contributed by atoms with E-state index in [-0.39, 0.29) is 35.6 Å². The van der Waals surface area contributed by atoms with Gasteiger partial charge in [0, 0.05) is 18.2 Å². The molecule has 10 nitrogen and oxygen atoms in total.